The largest absolute Gasteiger partial charge is 0.232 e. The van der Waals surface area contributed by atoms with Crippen molar-refractivity contribution in [1.29, 1.82) is 0 Å². The summed E-state index contributed by atoms with van der Waals surface area (Å²) in [6.07, 6.45) is 8.24. The summed E-state index contributed by atoms with van der Waals surface area (Å²) in [6, 6.07) is 11.4. The molecule has 0 aliphatic heterocycles. The van der Waals surface area contributed by atoms with Gasteiger partial charge in [0.2, 0.25) is 6.71 Å². The molecule has 0 spiro atoms. The Kier molecular flexibility index (Phi) is 3.73. The lowest BCUT2D eigenvalue weighted by molar-refractivity contribution is -0.0304. The van der Waals surface area contributed by atoms with Crippen molar-refractivity contribution >= 4 is 12.2 Å². The van der Waals surface area contributed by atoms with Gasteiger partial charge < -0.3 is 0 Å². The van der Waals surface area contributed by atoms with Crippen molar-refractivity contribution in [2.45, 2.75) is 54.4 Å². The maximum atomic E-state index is 2.71. The molecular formula is C26H35B. The topological polar surface area (TPSA) is 0 Å². The first-order chi connectivity index (χ1) is 12.7. The summed E-state index contributed by atoms with van der Waals surface area (Å²) in [5.41, 5.74) is 5.99. The Morgan fingerprint density at radius 3 is 1.56 bits per heavy atom. The molecule has 0 saturated heterocycles. The molecule has 4 bridgehead atoms. The van der Waals surface area contributed by atoms with E-state index in [4.69, 9.17) is 0 Å². The summed E-state index contributed by atoms with van der Waals surface area (Å²) in [5, 5.41) is 0. The van der Waals surface area contributed by atoms with Crippen LogP contribution in [0.2, 0.25) is 0 Å². The van der Waals surface area contributed by atoms with Crippen molar-refractivity contribution in [2.75, 3.05) is 0 Å². The molecule has 1 aromatic carbocycles. The Labute approximate surface area is 166 Å². The van der Waals surface area contributed by atoms with Gasteiger partial charge in [0.25, 0.3) is 0 Å². The molecule has 0 radical (unpaired) electrons. The van der Waals surface area contributed by atoms with Gasteiger partial charge in [0.1, 0.15) is 0 Å². The molecule has 1 aromatic rings. The van der Waals surface area contributed by atoms with Crippen LogP contribution >= 0.6 is 0 Å². The van der Waals surface area contributed by atoms with E-state index in [0.29, 0.717) is 29.4 Å². The standard InChI is InChI=1S/C26H35B/c1-16-21-12-18(25(21,3)4)14-23(16)27(20-10-8-7-9-11-20)24-15-19-13-22(17(24)2)26(19,5)6/h7-11,14-19,21-22H,12-13H2,1-6H3. The summed E-state index contributed by atoms with van der Waals surface area (Å²) in [6.45, 7) is 15.5. The zero-order valence-corrected chi connectivity index (χ0v) is 18.0. The lowest BCUT2D eigenvalue weighted by Gasteiger charge is -2.61. The van der Waals surface area contributed by atoms with Gasteiger partial charge in [-0.25, -0.2) is 0 Å². The van der Waals surface area contributed by atoms with Gasteiger partial charge in [-0.15, -0.1) is 0 Å². The number of benzene rings is 1. The van der Waals surface area contributed by atoms with Crippen LogP contribution in [-0.4, -0.2) is 6.71 Å². The molecule has 1 heteroatoms. The summed E-state index contributed by atoms with van der Waals surface area (Å²) < 4.78 is 0. The maximum absolute atomic E-state index is 2.71. The third-order valence-electron chi connectivity index (χ3n) is 9.68. The fourth-order valence-corrected chi connectivity index (χ4v) is 7.43. The third-order valence-corrected chi connectivity index (χ3v) is 9.68. The molecule has 6 aliphatic carbocycles. The normalized spacial score (nSPS) is 40.2. The minimum Gasteiger partial charge on any atom is -0.0916 e. The molecule has 0 aromatic heterocycles. The second kappa shape index (κ2) is 5.65. The summed E-state index contributed by atoms with van der Waals surface area (Å²) in [7, 11) is 0. The van der Waals surface area contributed by atoms with E-state index in [1.807, 2.05) is 0 Å². The zero-order chi connectivity index (χ0) is 19.1. The maximum Gasteiger partial charge on any atom is 0.232 e. The second-order valence-corrected chi connectivity index (χ2v) is 11.3. The Bertz CT molecular complexity index is 762. The smallest absolute Gasteiger partial charge is 0.0916 e. The monoisotopic (exact) mass is 358 g/mol. The predicted octanol–water partition coefficient (Wildman–Crippen LogP) is 5.94. The highest BCUT2D eigenvalue weighted by molar-refractivity contribution is 6.86. The van der Waals surface area contributed by atoms with Gasteiger partial charge >= 0.3 is 0 Å². The first-order valence-corrected chi connectivity index (χ1v) is 11.2. The lowest BCUT2D eigenvalue weighted by atomic mass is 9.25. The molecular weight excluding hydrogens is 323 g/mol. The first-order valence-electron chi connectivity index (χ1n) is 11.2. The second-order valence-electron chi connectivity index (χ2n) is 11.3. The SMILES string of the molecule is CC1C(B(C2=CC3CC(C2C)C3(C)C)c2ccccc2)=CC2CC1C2(C)C. The van der Waals surface area contributed by atoms with E-state index >= 15 is 0 Å². The summed E-state index contributed by atoms with van der Waals surface area (Å²) in [4.78, 5) is 0. The lowest BCUT2D eigenvalue weighted by Crippen LogP contribution is -2.57. The van der Waals surface area contributed by atoms with E-state index < -0.39 is 0 Å². The van der Waals surface area contributed by atoms with E-state index in [9.17, 15) is 0 Å². The predicted molar refractivity (Wildman–Crippen MR) is 117 cm³/mol. The number of allylic oxidation sites excluding steroid dienone is 4. The summed E-state index contributed by atoms with van der Waals surface area (Å²) >= 11 is 0. The fourth-order valence-electron chi connectivity index (χ4n) is 7.43. The van der Waals surface area contributed by atoms with E-state index in [-0.39, 0.29) is 0 Å². The Morgan fingerprint density at radius 1 is 0.741 bits per heavy atom. The Morgan fingerprint density at radius 2 is 1.19 bits per heavy atom. The van der Waals surface area contributed by atoms with Crippen LogP contribution in [0.1, 0.15) is 54.4 Å². The molecule has 2 saturated carbocycles. The van der Waals surface area contributed by atoms with E-state index in [1.165, 1.54) is 18.3 Å². The van der Waals surface area contributed by atoms with Crippen LogP contribution in [-0.2, 0) is 0 Å². The quantitative estimate of drug-likeness (QED) is 0.586. The molecule has 0 amide bonds. The van der Waals surface area contributed by atoms with Gasteiger partial charge in [-0.2, -0.15) is 0 Å². The van der Waals surface area contributed by atoms with Crippen molar-refractivity contribution in [3.8, 4) is 0 Å². The van der Waals surface area contributed by atoms with Crippen LogP contribution in [0.15, 0.2) is 53.4 Å². The van der Waals surface area contributed by atoms with Crippen LogP contribution in [0.25, 0.3) is 0 Å². The Balaban J connectivity index is 1.61. The molecule has 6 aliphatic rings. The van der Waals surface area contributed by atoms with Crippen molar-refractivity contribution < 1.29 is 0 Å². The van der Waals surface area contributed by atoms with Gasteiger partial charge in [0.05, 0.1) is 0 Å². The zero-order valence-electron chi connectivity index (χ0n) is 18.0. The molecule has 6 unspecified atom stereocenters. The third kappa shape index (κ3) is 2.30. The van der Waals surface area contributed by atoms with E-state index in [2.05, 4.69) is 84.0 Å². The Hall–Kier alpha value is -1.24. The molecule has 7 rings (SSSR count). The highest BCUT2D eigenvalue weighted by atomic mass is 14.6. The fraction of sp³-hybridized carbons (Fsp3) is 0.615. The van der Waals surface area contributed by atoms with Gasteiger partial charge in [-0.1, -0.05) is 100 Å². The van der Waals surface area contributed by atoms with Gasteiger partial charge in [0, 0.05) is 0 Å². The van der Waals surface area contributed by atoms with Crippen molar-refractivity contribution in [1.82, 2.24) is 0 Å². The van der Waals surface area contributed by atoms with Crippen LogP contribution in [0.3, 0.4) is 0 Å². The van der Waals surface area contributed by atoms with Crippen LogP contribution in [0.4, 0.5) is 0 Å². The molecule has 0 nitrogen and oxygen atoms in total. The molecule has 0 heterocycles. The van der Waals surface area contributed by atoms with Crippen LogP contribution < -0.4 is 5.46 Å². The highest BCUT2D eigenvalue weighted by Gasteiger charge is 2.57. The van der Waals surface area contributed by atoms with Gasteiger partial charge in [-0.3, -0.25) is 0 Å². The van der Waals surface area contributed by atoms with Gasteiger partial charge in [0.15, 0.2) is 0 Å². The average molecular weight is 358 g/mol. The molecule has 6 atom stereocenters. The molecule has 27 heavy (non-hydrogen) atoms. The van der Waals surface area contributed by atoms with Crippen molar-refractivity contribution in [2.24, 2.45) is 46.3 Å². The average Bonchev–Trinajstić information content (AvgIpc) is 2.64. The molecule has 142 valence electrons. The molecule has 0 N–H and O–H groups in total. The summed E-state index contributed by atoms with van der Waals surface area (Å²) in [5.74, 6) is 4.69. The minimum absolute atomic E-state index is 0.501. The van der Waals surface area contributed by atoms with Crippen LogP contribution in [0.5, 0.6) is 0 Å². The van der Waals surface area contributed by atoms with Crippen molar-refractivity contribution in [3.05, 3.63) is 53.4 Å². The highest BCUT2D eigenvalue weighted by Crippen LogP contribution is 2.63. The van der Waals surface area contributed by atoms with E-state index in [1.54, 1.807) is 10.9 Å². The van der Waals surface area contributed by atoms with Crippen molar-refractivity contribution in [3.63, 3.8) is 0 Å². The first kappa shape index (κ1) is 17.8. The number of hydrogen-bond donors (Lipinski definition) is 0. The van der Waals surface area contributed by atoms with E-state index in [0.717, 1.165) is 23.7 Å². The molecule has 2 fully saturated rings. The number of rotatable bonds is 3. The van der Waals surface area contributed by atoms with Gasteiger partial charge in [-0.05, 0) is 59.2 Å². The van der Waals surface area contributed by atoms with Crippen LogP contribution in [0, 0.1) is 46.3 Å². The number of hydrogen-bond acceptors (Lipinski definition) is 0. The number of fused-ring (bicyclic) bond motifs is 2. The minimum atomic E-state index is 0.501.